The molecule has 1 atom stereocenters. The number of aromatic nitrogens is 1. The molecule has 0 aliphatic heterocycles. The lowest BCUT2D eigenvalue weighted by Crippen LogP contribution is -2.18. The van der Waals surface area contributed by atoms with Crippen LogP contribution in [0.3, 0.4) is 0 Å². The average molecular weight is 262 g/mol. The molecule has 76 valence electrons. The quantitative estimate of drug-likeness (QED) is 0.693. The maximum Gasteiger partial charge on any atom is 0.0461 e. The van der Waals surface area contributed by atoms with Crippen LogP contribution in [0.5, 0.6) is 0 Å². The first-order valence-corrected chi connectivity index (χ1v) is 5.93. The molecule has 1 unspecified atom stereocenters. The molecule has 0 amide bonds. The highest BCUT2D eigenvalue weighted by Crippen LogP contribution is 2.35. The lowest BCUT2D eigenvalue weighted by atomic mass is 9.93. The Kier molecular flexibility index (Phi) is 1.84. The Morgan fingerprint density at radius 3 is 3.00 bits per heavy atom. The number of benzene rings is 1. The SMILES string of the molecule is CC1(Br)C=Cc2[nH]c3ccccc3c2C1. The van der Waals surface area contributed by atoms with Gasteiger partial charge in [-0.25, -0.2) is 0 Å². The highest BCUT2D eigenvalue weighted by molar-refractivity contribution is 9.10. The van der Waals surface area contributed by atoms with Crippen molar-refractivity contribution in [3.05, 3.63) is 41.6 Å². The van der Waals surface area contributed by atoms with E-state index in [-0.39, 0.29) is 4.32 Å². The fourth-order valence-electron chi connectivity index (χ4n) is 2.22. The molecule has 1 aliphatic carbocycles. The number of hydrogen-bond acceptors (Lipinski definition) is 0. The van der Waals surface area contributed by atoms with Crippen LogP contribution in [0.2, 0.25) is 0 Å². The molecule has 0 fully saturated rings. The summed E-state index contributed by atoms with van der Waals surface area (Å²) in [6.07, 6.45) is 5.43. The molecule has 3 rings (SSSR count). The summed E-state index contributed by atoms with van der Waals surface area (Å²) in [4.78, 5) is 3.45. The van der Waals surface area contributed by atoms with E-state index >= 15 is 0 Å². The fourth-order valence-corrected chi connectivity index (χ4v) is 2.63. The third-order valence-corrected chi connectivity index (χ3v) is 3.51. The predicted octanol–water partition coefficient (Wildman–Crippen LogP) is 3.89. The van der Waals surface area contributed by atoms with E-state index < -0.39 is 0 Å². The van der Waals surface area contributed by atoms with Gasteiger partial charge in [-0.1, -0.05) is 40.2 Å². The Hall–Kier alpha value is -1.02. The number of alkyl halides is 1. The molecule has 1 N–H and O–H groups in total. The Balaban J connectivity index is 2.29. The third kappa shape index (κ3) is 1.44. The van der Waals surface area contributed by atoms with Crippen molar-refractivity contribution in [2.45, 2.75) is 17.7 Å². The normalized spacial score (nSPS) is 24.4. The van der Waals surface area contributed by atoms with Gasteiger partial charge in [-0.3, -0.25) is 0 Å². The van der Waals surface area contributed by atoms with Gasteiger partial charge < -0.3 is 4.98 Å². The summed E-state index contributed by atoms with van der Waals surface area (Å²) in [6, 6.07) is 8.49. The average Bonchev–Trinajstić information content (AvgIpc) is 2.55. The van der Waals surface area contributed by atoms with Crippen LogP contribution in [0.1, 0.15) is 18.2 Å². The molecule has 0 radical (unpaired) electrons. The number of halogens is 1. The number of H-pyrrole nitrogens is 1. The van der Waals surface area contributed by atoms with E-state index in [1.807, 2.05) is 0 Å². The van der Waals surface area contributed by atoms with Crippen LogP contribution in [0.4, 0.5) is 0 Å². The van der Waals surface area contributed by atoms with Crippen LogP contribution in [0.25, 0.3) is 17.0 Å². The summed E-state index contributed by atoms with van der Waals surface area (Å²) in [7, 11) is 0. The van der Waals surface area contributed by atoms with E-state index in [2.05, 4.69) is 64.3 Å². The van der Waals surface area contributed by atoms with Gasteiger partial charge in [0.25, 0.3) is 0 Å². The van der Waals surface area contributed by atoms with Gasteiger partial charge >= 0.3 is 0 Å². The van der Waals surface area contributed by atoms with Gasteiger partial charge in [-0.05, 0) is 31.1 Å². The molecule has 0 spiro atoms. The summed E-state index contributed by atoms with van der Waals surface area (Å²) in [5, 5.41) is 1.35. The molecule has 1 aromatic heterocycles. The summed E-state index contributed by atoms with van der Waals surface area (Å²) in [5.41, 5.74) is 3.91. The minimum atomic E-state index is 0.102. The smallest absolute Gasteiger partial charge is 0.0461 e. The van der Waals surface area contributed by atoms with Crippen LogP contribution < -0.4 is 0 Å². The number of nitrogens with one attached hydrogen (secondary N) is 1. The second-order valence-electron chi connectivity index (χ2n) is 4.35. The second kappa shape index (κ2) is 2.99. The van der Waals surface area contributed by atoms with Gasteiger partial charge in [0, 0.05) is 20.9 Å². The largest absolute Gasteiger partial charge is 0.355 e. The van der Waals surface area contributed by atoms with E-state index in [9.17, 15) is 0 Å². The molecule has 2 heteroatoms. The zero-order valence-corrected chi connectivity index (χ0v) is 10.1. The van der Waals surface area contributed by atoms with Crippen molar-refractivity contribution in [1.29, 1.82) is 0 Å². The van der Waals surface area contributed by atoms with E-state index in [1.165, 1.54) is 22.2 Å². The summed E-state index contributed by atoms with van der Waals surface area (Å²) < 4.78 is 0.102. The Morgan fingerprint density at radius 2 is 2.13 bits per heavy atom. The molecule has 1 aliphatic rings. The van der Waals surface area contributed by atoms with E-state index in [0.717, 1.165) is 6.42 Å². The number of rotatable bonds is 0. The maximum atomic E-state index is 3.73. The van der Waals surface area contributed by atoms with E-state index in [0.29, 0.717) is 0 Å². The maximum absolute atomic E-state index is 3.73. The molecular weight excluding hydrogens is 250 g/mol. The topological polar surface area (TPSA) is 15.8 Å². The highest BCUT2D eigenvalue weighted by Gasteiger charge is 2.24. The number of fused-ring (bicyclic) bond motifs is 3. The van der Waals surface area contributed by atoms with Crippen molar-refractivity contribution in [3.63, 3.8) is 0 Å². The van der Waals surface area contributed by atoms with Gasteiger partial charge in [-0.15, -0.1) is 0 Å². The van der Waals surface area contributed by atoms with Crippen molar-refractivity contribution in [2.24, 2.45) is 0 Å². The van der Waals surface area contributed by atoms with Gasteiger partial charge in [0.2, 0.25) is 0 Å². The number of allylic oxidation sites excluding steroid dienone is 1. The number of para-hydroxylation sites is 1. The van der Waals surface area contributed by atoms with Crippen LogP contribution >= 0.6 is 15.9 Å². The monoisotopic (exact) mass is 261 g/mol. The first-order valence-electron chi connectivity index (χ1n) is 5.13. The van der Waals surface area contributed by atoms with Crippen LogP contribution in [-0.4, -0.2) is 9.31 Å². The summed E-state index contributed by atoms with van der Waals surface area (Å²) in [6.45, 7) is 2.20. The summed E-state index contributed by atoms with van der Waals surface area (Å²) >= 11 is 3.73. The molecule has 0 bridgehead atoms. The van der Waals surface area contributed by atoms with Gasteiger partial charge in [0.1, 0.15) is 0 Å². The molecule has 0 saturated carbocycles. The van der Waals surface area contributed by atoms with E-state index in [4.69, 9.17) is 0 Å². The summed E-state index contributed by atoms with van der Waals surface area (Å²) in [5.74, 6) is 0. The Bertz CT molecular complexity index is 549. The zero-order valence-electron chi connectivity index (χ0n) is 8.55. The fraction of sp³-hybridized carbons (Fsp3) is 0.231. The molecule has 1 aromatic carbocycles. The van der Waals surface area contributed by atoms with Crippen LogP contribution in [-0.2, 0) is 6.42 Å². The first kappa shape index (κ1) is 9.22. The van der Waals surface area contributed by atoms with Crippen molar-refractivity contribution in [1.82, 2.24) is 4.98 Å². The number of aromatic amines is 1. The minimum Gasteiger partial charge on any atom is -0.355 e. The van der Waals surface area contributed by atoms with Gasteiger partial charge in [0.15, 0.2) is 0 Å². The Morgan fingerprint density at radius 1 is 1.33 bits per heavy atom. The van der Waals surface area contributed by atoms with Crippen molar-refractivity contribution in [3.8, 4) is 0 Å². The van der Waals surface area contributed by atoms with Crippen molar-refractivity contribution < 1.29 is 0 Å². The van der Waals surface area contributed by atoms with Gasteiger partial charge in [-0.2, -0.15) is 0 Å². The van der Waals surface area contributed by atoms with Crippen molar-refractivity contribution in [2.75, 3.05) is 0 Å². The molecular formula is C13H12BrN. The van der Waals surface area contributed by atoms with Crippen LogP contribution in [0, 0.1) is 0 Å². The molecule has 1 nitrogen and oxygen atoms in total. The number of hydrogen-bond donors (Lipinski definition) is 1. The third-order valence-electron chi connectivity index (χ3n) is 2.97. The Labute approximate surface area is 97.3 Å². The van der Waals surface area contributed by atoms with Crippen molar-refractivity contribution >= 4 is 32.9 Å². The first-order chi connectivity index (χ1) is 7.16. The van der Waals surface area contributed by atoms with E-state index in [1.54, 1.807) is 0 Å². The molecule has 15 heavy (non-hydrogen) atoms. The molecule has 2 aromatic rings. The molecule has 1 heterocycles. The van der Waals surface area contributed by atoms with Gasteiger partial charge in [0.05, 0.1) is 0 Å². The van der Waals surface area contributed by atoms with Crippen LogP contribution in [0.15, 0.2) is 30.3 Å². The lowest BCUT2D eigenvalue weighted by molar-refractivity contribution is 0.796. The second-order valence-corrected chi connectivity index (χ2v) is 6.16. The lowest BCUT2D eigenvalue weighted by Gasteiger charge is -2.21. The zero-order chi connectivity index (χ0) is 10.5. The predicted molar refractivity (Wildman–Crippen MR) is 68.4 cm³/mol. The molecule has 0 saturated heterocycles. The highest BCUT2D eigenvalue weighted by atomic mass is 79.9. The minimum absolute atomic E-state index is 0.102. The standard InChI is InChI=1S/C13H12BrN/c1-13(14)7-6-12-10(8-13)9-4-2-3-5-11(9)15-12/h2-7,15H,8H2,1H3.